The molecule has 128 valence electrons. The average Bonchev–Trinajstić information content (AvgIpc) is 2.60. The van der Waals surface area contributed by atoms with Gasteiger partial charge in [0, 0.05) is 6.61 Å². The second kappa shape index (κ2) is 10.6. The van der Waals surface area contributed by atoms with Crippen LogP contribution in [0, 0.1) is 5.92 Å². The van der Waals surface area contributed by atoms with Crippen LogP contribution in [0.15, 0.2) is 36.9 Å². The van der Waals surface area contributed by atoms with Crippen LogP contribution >= 0.6 is 0 Å². The van der Waals surface area contributed by atoms with E-state index in [0.29, 0.717) is 6.61 Å². The number of aryl methyl sites for hydroxylation is 1. The number of rotatable bonds is 10. The van der Waals surface area contributed by atoms with E-state index in [9.17, 15) is 0 Å². The fraction of sp³-hybridized carbons (Fsp3) is 0.636. The van der Waals surface area contributed by atoms with Gasteiger partial charge in [0.1, 0.15) is 0 Å². The van der Waals surface area contributed by atoms with Crippen molar-refractivity contribution in [3.05, 3.63) is 48.0 Å². The van der Waals surface area contributed by atoms with Crippen LogP contribution in [0.2, 0.25) is 0 Å². The average molecular weight is 315 g/mol. The van der Waals surface area contributed by atoms with Crippen LogP contribution in [0.3, 0.4) is 0 Å². The van der Waals surface area contributed by atoms with E-state index in [4.69, 9.17) is 4.74 Å². The molecule has 0 N–H and O–H groups in total. The van der Waals surface area contributed by atoms with Crippen molar-refractivity contribution in [2.24, 2.45) is 5.92 Å². The van der Waals surface area contributed by atoms with Gasteiger partial charge in [0.2, 0.25) is 0 Å². The van der Waals surface area contributed by atoms with Crippen molar-refractivity contribution in [1.82, 2.24) is 0 Å². The SMILES string of the molecule is C=CCOC[C@H]1CC[C@H](c2ccc(CCCCCC)cc2)CC1. The lowest BCUT2D eigenvalue weighted by Crippen LogP contribution is -2.18. The Labute approximate surface area is 143 Å². The molecular formula is C22H34O. The molecule has 2 rings (SSSR count). The summed E-state index contributed by atoms with van der Waals surface area (Å²) in [7, 11) is 0. The zero-order chi connectivity index (χ0) is 16.3. The molecule has 1 aromatic carbocycles. The maximum Gasteiger partial charge on any atom is 0.0644 e. The van der Waals surface area contributed by atoms with Crippen LogP contribution in [0.4, 0.5) is 0 Å². The molecule has 1 nitrogen and oxygen atoms in total. The molecule has 0 heterocycles. The molecule has 1 heteroatoms. The van der Waals surface area contributed by atoms with Gasteiger partial charge in [-0.3, -0.25) is 0 Å². The first-order chi connectivity index (χ1) is 11.3. The van der Waals surface area contributed by atoms with E-state index in [2.05, 4.69) is 37.8 Å². The fourth-order valence-electron chi connectivity index (χ4n) is 3.69. The number of unbranched alkanes of at least 4 members (excludes halogenated alkanes) is 3. The van der Waals surface area contributed by atoms with Crippen LogP contribution in [-0.4, -0.2) is 13.2 Å². The number of hydrogen-bond donors (Lipinski definition) is 0. The maximum atomic E-state index is 5.62. The Morgan fingerprint density at radius 2 is 1.78 bits per heavy atom. The minimum absolute atomic E-state index is 0.694. The first-order valence-electron chi connectivity index (χ1n) is 9.61. The molecule has 0 bridgehead atoms. The van der Waals surface area contributed by atoms with Crippen LogP contribution in [0.25, 0.3) is 0 Å². The molecule has 1 fully saturated rings. The van der Waals surface area contributed by atoms with Crippen LogP contribution in [0.5, 0.6) is 0 Å². The van der Waals surface area contributed by atoms with Gasteiger partial charge in [0.15, 0.2) is 0 Å². The molecule has 23 heavy (non-hydrogen) atoms. The second-order valence-electron chi connectivity index (χ2n) is 7.10. The largest absolute Gasteiger partial charge is 0.377 e. The van der Waals surface area contributed by atoms with Crippen LogP contribution in [-0.2, 0) is 11.2 Å². The van der Waals surface area contributed by atoms with Crippen molar-refractivity contribution in [2.45, 2.75) is 70.6 Å². The molecule has 1 aliphatic rings. The van der Waals surface area contributed by atoms with Gasteiger partial charge in [-0.1, -0.05) is 56.5 Å². The van der Waals surface area contributed by atoms with Gasteiger partial charge in [-0.05, 0) is 61.5 Å². The summed E-state index contributed by atoms with van der Waals surface area (Å²) in [6.07, 6.45) is 13.7. The molecule has 1 saturated carbocycles. The Balaban J connectivity index is 1.72. The highest BCUT2D eigenvalue weighted by Gasteiger charge is 2.22. The molecule has 0 amide bonds. The van der Waals surface area contributed by atoms with Gasteiger partial charge in [0.05, 0.1) is 6.61 Å². The number of benzene rings is 1. The van der Waals surface area contributed by atoms with Gasteiger partial charge >= 0.3 is 0 Å². The second-order valence-corrected chi connectivity index (χ2v) is 7.10. The van der Waals surface area contributed by atoms with Gasteiger partial charge < -0.3 is 4.74 Å². The van der Waals surface area contributed by atoms with Crippen molar-refractivity contribution < 1.29 is 4.74 Å². The summed E-state index contributed by atoms with van der Waals surface area (Å²) in [5.41, 5.74) is 3.06. The first-order valence-corrected chi connectivity index (χ1v) is 9.61. The molecular weight excluding hydrogens is 280 g/mol. The molecule has 0 spiro atoms. The van der Waals surface area contributed by atoms with E-state index in [1.807, 2.05) is 6.08 Å². The Morgan fingerprint density at radius 3 is 2.43 bits per heavy atom. The van der Waals surface area contributed by atoms with Crippen LogP contribution < -0.4 is 0 Å². The van der Waals surface area contributed by atoms with Crippen LogP contribution in [0.1, 0.15) is 75.3 Å². The topological polar surface area (TPSA) is 9.23 Å². The Morgan fingerprint density at radius 1 is 1.04 bits per heavy atom. The molecule has 1 aliphatic carbocycles. The minimum Gasteiger partial charge on any atom is -0.377 e. The lowest BCUT2D eigenvalue weighted by atomic mass is 9.79. The molecule has 0 unspecified atom stereocenters. The third-order valence-corrected chi connectivity index (χ3v) is 5.21. The highest BCUT2D eigenvalue weighted by molar-refractivity contribution is 5.25. The highest BCUT2D eigenvalue weighted by Crippen LogP contribution is 2.36. The molecule has 0 atom stereocenters. The summed E-state index contributed by atoms with van der Waals surface area (Å²) in [5.74, 6) is 1.52. The van der Waals surface area contributed by atoms with Gasteiger partial charge in [-0.15, -0.1) is 6.58 Å². The van der Waals surface area contributed by atoms with Crippen molar-refractivity contribution >= 4 is 0 Å². The van der Waals surface area contributed by atoms with E-state index in [1.54, 1.807) is 5.56 Å². The number of hydrogen-bond acceptors (Lipinski definition) is 1. The third kappa shape index (κ3) is 6.51. The fourth-order valence-corrected chi connectivity index (χ4v) is 3.69. The number of ether oxygens (including phenoxy) is 1. The normalized spacial score (nSPS) is 21.3. The van der Waals surface area contributed by atoms with Gasteiger partial charge in [0.25, 0.3) is 0 Å². The van der Waals surface area contributed by atoms with E-state index in [1.165, 1.54) is 63.4 Å². The Bertz CT molecular complexity index is 426. The standard InChI is InChI=1S/C22H34O/c1-3-5-6-7-8-19-9-13-21(14-10-19)22-15-11-20(12-16-22)18-23-17-4-2/h4,9-10,13-14,20,22H,2-3,5-8,11-12,15-18H2,1H3/t20-,22-. The molecule has 0 saturated heterocycles. The summed E-state index contributed by atoms with van der Waals surface area (Å²) < 4.78 is 5.62. The summed E-state index contributed by atoms with van der Waals surface area (Å²) in [4.78, 5) is 0. The summed E-state index contributed by atoms with van der Waals surface area (Å²) in [6.45, 7) is 7.58. The van der Waals surface area contributed by atoms with Crippen molar-refractivity contribution in [3.8, 4) is 0 Å². The first kappa shape index (κ1) is 18.3. The zero-order valence-electron chi connectivity index (χ0n) is 14.9. The predicted octanol–water partition coefficient (Wildman–Crippen LogP) is 6.29. The molecule has 0 radical (unpaired) electrons. The van der Waals surface area contributed by atoms with E-state index in [0.717, 1.165) is 18.4 Å². The van der Waals surface area contributed by atoms with E-state index in [-0.39, 0.29) is 0 Å². The van der Waals surface area contributed by atoms with Crippen molar-refractivity contribution in [2.75, 3.05) is 13.2 Å². The lowest BCUT2D eigenvalue weighted by molar-refractivity contribution is 0.102. The summed E-state index contributed by atoms with van der Waals surface area (Å²) >= 11 is 0. The monoisotopic (exact) mass is 314 g/mol. The van der Waals surface area contributed by atoms with E-state index >= 15 is 0 Å². The summed E-state index contributed by atoms with van der Waals surface area (Å²) in [6, 6.07) is 9.49. The van der Waals surface area contributed by atoms with E-state index < -0.39 is 0 Å². The molecule has 1 aromatic rings. The molecule has 0 aliphatic heterocycles. The van der Waals surface area contributed by atoms with Gasteiger partial charge in [-0.2, -0.15) is 0 Å². The summed E-state index contributed by atoms with van der Waals surface area (Å²) in [5, 5.41) is 0. The lowest BCUT2D eigenvalue weighted by Gasteiger charge is -2.28. The molecule has 0 aromatic heterocycles. The van der Waals surface area contributed by atoms with Gasteiger partial charge in [-0.25, -0.2) is 0 Å². The maximum absolute atomic E-state index is 5.62. The third-order valence-electron chi connectivity index (χ3n) is 5.21. The zero-order valence-corrected chi connectivity index (χ0v) is 14.9. The Kier molecular flexibility index (Phi) is 8.46. The predicted molar refractivity (Wildman–Crippen MR) is 100 cm³/mol. The van der Waals surface area contributed by atoms with Crippen molar-refractivity contribution in [1.29, 1.82) is 0 Å². The quantitative estimate of drug-likeness (QED) is 0.364. The highest BCUT2D eigenvalue weighted by atomic mass is 16.5. The minimum atomic E-state index is 0.694. The Hall–Kier alpha value is -1.08. The smallest absolute Gasteiger partial charge is 0.0644 e. The van der Waals surface area contributed by atoms with Crippen molar-refractivity contribution in [3.63, 3.8) is 0 Å².